The average Bonchev–Trinajstić information content (AvgIpc) is 3.08. The number of piperidine rings is 1. The maximum atomic E-state index is 13.9. The number of amides is 4. The summed E-state index contributed by atoms with van der Waals surface area (Å²) in [7, 11) is 0. The van der Waals surface area contributed by atoms with Crippen LogP contribution in [0.4, 0.5) is 14.9 Å². The third-order valence-electron chi connectivity index (χ3n) is 5.43. The van der Waals surface area contributed by atoms with E-state index < -0.39 is 6.03 Å². The SMILES string of the molecule is O=C1CN(c2ccc(C(=O)NC3CCCN(Cc4ccccc4F)C3)cc2)C(=O)N1. The van der Waals surface area contributed by atoms with E-state index in [1.165, 1.54) is 11.0 Å². The number of likely N-dealkylation sites (tertiary alicyclic amines) is 1. The van der Waals surface area contributed by atoms with Crippen LogP contribution < -0.4 is 15.5 Å². The minimum atomic E-state index is -0.464. The van der Waals surface area contributed by atoms with Crippen LogP contribution in [0.25, 0.3) is 0 Å². The molecular formula is C22H23FN4O3. The van der Waals surface area contributed by atoms with E-state index in [0.717, 1.165) is 19.4 Å². The van der Waals surface area contributed by atoms with Gasteiger partial charge in [-0.15, -0.1) is 0 Å². The molecule has 2 heterocycles. The van der Waals surface area contributed by atoms with E-state index in [2.05, 4.69) is 15.5 Å². The van der Waals surface area contributed by atoms with E-state index in [9.17, 15) is 18.8 Å². The van der Waals surface area contributed by atoms with Crippen molar-refractivity contribution in [3.63, 3.8) is 0 Å². The number of imide groups is 1. The first-order chi connectivity index (χ1) is 14.5. The predicted octanol–water partition coefficient (Wildman–Crippen LogP) is 2.28. The second kappa shape index (κ2) is 8.62. The lowest BCUT2D eigenvalue weighted by Crippen LogP contribution is -2.47. The van der Waals surface area contributed by atoms with Gasteiger partial charge in [-0.3, -0.25) is 24.7 Å². The van der Waals surface area contributed by atoms with E-state index in [1.54, 1.807) is 36.4 Å². The van der Waals surface area contributed by atoms with Crippen LogP contribution in [-0.4, -0.2) is 48.4 Å². The molecule has 0 aromatic heterocycles. The molecule has 7 nitrogen and oxygen atoms in total. The maximum Gasteiger partial charge on any atom is 0.329 e. The van der Waals surface area contributed by atoms with Gasteiger partial charge in [-0.2, -0.15) is 0 Å². The summed E-state index contributed by atoms with van der Waals surface area (Å²) in [4.78, 5) is 39.2. The molecule has 0 saturated carbocycles. The van der Waals surface area contributed by atoms with Crippen LogP contribution in [0.2, 0.25) is 0 Å². The van der Waals surface area contributed by atoms with Crippen molar-refractivity contribution in [2.75, 3.05) is 24.5 Å². The number of carbonyl (C=O) groups is 3. The van der Waals surface area contributed by atoms with Crippen LogP contribution in [-0.2, 0) is 11.3 Å². The van der Waals surface area contributed by atoms with Gasteiger partial charge in [0.05, 0.1) is 0 Å². The third-order valence-corrected chi connectivity index (χ3v) is 5.43. The number of hydrogen-bond donors (Lipinski definition) is 2. The van der Waals surface area contributed by atoms with Crippen molar-refractivity contribution in [2.45, 2.75) is 25.4 Å². The Morgan fingerprint density at radius 2 is 1.90 bits per heavy atom. The Hall–Kier alpha value is -3.26. The van der Waals surface area contributed by atoms with Gasteiger partial charge in [-0.25, -0.2) is 9.18 Å². The molecule has 0 radical (unpaired) electrons. The van der Waals surface area contributed by atoms with Gasteiger partial charge in [0.25, 0.3) is 5.91 Å². The number of anilines is 1. The fraction of sp³-hybridized carbons (Fsp3) is 0.318. The maximum absolute atomic E-state index is 13.9. The molecule has 2 fully saturated rings. The van der Waals surface area contributed by atoms with Gasteiger partial charge >= 0.3 is 6.03 Å². The first-order valence-electron chi connectivity index (χ1n) is 9.97. The molecule has 8 heteroatoms. The van der Waals surface area contributed by atoms with Gasteiger partial charge in [-0.05, 0) is 49.7 Å². The Kier molecular flexibility index (Phi) is 5.76. The van der Waals surface area contributed by atoms with Crippen molar-refractivity contribution in [1.29, 1.82) is 0 Å². The molecule has 30 heavy (non-hydrogen) atoms. The zero-order chi connectivity index (χ0) is 21.1. The molecule has 0 spiro atoms. The second-order valence-corrected chi connectivity index (χ2v) is 7.63. The molecule has 0 bridgehead atoms. The van der Waals surface area contributed by atoms with Gasteiger partial charge in [0.2, 0.25) is 5.91 Å². The first-order valence-corrected chi connectivity index (χ1v) is 9.97. The molecule has 2 aromatic rings. The highest BCUT2D eigenvalue weighted by Gasteiger charge is 2.28. The minimum absolute atomic E-state index is 0.0142. The number of benzene rings is 2. The average molecular weight is 410 g/mol. The molecule has 2 aliphatic heterocycles. The summed E-state index contributed by atoms with van der Waals surface area (Å²) in [6, 6.07) is 12.9. The lowest BCUT2D eigenvalue weighted by Gasteiger charge is -2.33. The standard InChI is InChI=1S/C22H23FN4O3/c23-19-6-2-1-4-16(19)12-26-11-3-5-17(13-26)24-21(29)15-7-9-18(10-8-15)27-14-20(28)25-22(27)30/h1-2,4,6-10,17H,3,5,11-14H2,(H,24,29)(H,25,28,30). The van der Waals surface area contributed by atoms with Crippen molar-refractivity contribution >= 4 is 23.5 Å². The van der Waals surface area contributed by atoms with Gasteiger partial charge < -0.3 is 5.32 Å². The summed E-state index contributed by atoms with van der Waals surface area (Å²) in [5.41, 5.74) is 1.70. The largest absolute Gasteiger partial charge is 0.348 e. The molecule has 4 amide bonds. The van der Waals surface area contributed by atoms with Crippen molar-refractivity contribution in [3.05, 3.63) is 65.5 Å². The molecule has 2 aliphatic rings. The van der Waals surface area contributed by atoms with Crippen LogP contribution in [0.5, 0.6) is 0 Å². The Bertz CT molecular complexity index is 963. The summed E-state index contributed by atoms with van der Waals surface area (Å²) in [6.07, 6.45) is 1.80. The normalized spacial score (nSPS) is 19.6. The quantitative estimate of drug-likeness (QED) is 0.741. The lowest BCUT2D eigenvalue weighted by molar-refractivity contribution is -0.117. The molecule has 1 unspecified atom stereocenters. The Labute approximate surface area is 173 Å². The van der Waals surface area contributed by atoms with E-state index in [-0.39, 0.29) is 30.2 Å². The number of nitrogens with zero attached hydrogens (tertiary/aromatic N) is 2. The number of hydrogen-bond acceptors (Lipinski definition) is 4. The van der Waals surface area contributed by atoms with Crippen molar-refractivity contribution in [1.82, 2.24) is 15.5 Å². The Morgan fingerprint density at radius 1 is 1.13 bits per heavy atom. The van der Waals surface area contributed by atoms with E-state index in [4.69, 9.17) is 0 Å². The number of nitrogens with one attached hydrogen (secondary N) is 2. The molecule has 4 rings (SSSR count). The fourth-order valence-corrected chi connectivity index (χ4v) is 3.90. The number of urea groups is 1. The topological polar surface area (TPSA) is 81.8 Å². The van der Waals surface area contributed by atoms with E-state index >= 15 is 0 Å². The molecule has 156 valence electrons. The first kappa shape index (κ1) is 20.0. The number of carbonyl (C=O) groups excluding carboxylic acids is 3. The molecule has 1 atom stereocenters. The zero-order valence-electron chi connectivity index (χ0n) is 16.4. The van der Waals surface area contributed by atoms with Crippen molar-refractivity contribution in [3.8, 4) is 0 Å². The smallest absolute Gasteiger partial charge is 0.329 e. The van der Waals surface area contributed by atoms with Crippen LogP contribution in [0, 0.1) is 5.82 Å². The molecule has 2 N–H and O–H groups in total. The second-order valence-electron chi connectivity index (χ2n) is 7.63. The summed E-state index contributed by atoms with van der Waals surface area (Å²) >= 11 is 0. The van der Waals surface area contributed by atoms with E-state index in [1.807, 2.05) is 6.07 Å². The highest BCUT2D eigenvalue weighted by atomic mass is 19.1. The van der Waals surface area contributed by atoms with E-state index in [0.29, 0.717) is 29.9 Å². The predicted molar refractivity (Wildman–Crippen MR) is 109 cm³/mol. The molecular weight excluding hydrogens is 387 g/mol. The van der Waals surface area contributed by atoms with Gasteiger partial charge in [0.15, 0.2) is 0 Å². The molecule has 2 saturated heterocycles. The highest BCUT2D eigenvalue weighted by molar-refractivity contribution is 6.12. The van der Waals surface area contributed by atoms with Crippen molar-refractivity contribution < 1.29 is 18.8 Å². The third kappa shape index (κ3) is 4.49. The Balaban J connectivity index is 1.34. The summed E-state index contributed by atoms with van der Waals surface area (Å²) in [5, 5.41) is 5.27. The highest BCUT2D eigenvalue weighted by Crippen LogP contribution is 2.19. The number of rotatable bonds is 5. The van der Waals surface area contributed by atoms with Crippen LogP contribution in [0.15, 0.2) is 48.5 Å². The van der Waals surface area contributed by atoms with Gasteiger partial charge in [0, 0.05) is 35.9 Å². The lowest BCUT2D eigenvalue weighted by atomic mass is 10.0. The zero-order valence-corrected chi connectivity index (χ0v) is 16.4. The van der Waals surface area contributed by atoms with Gasteiger partial charge in [-0.1, -0.05) is 18.2 Å². The van der Waals surface area contributed by atoms with Crippen LogP contribution >= 0.6 is 0 Å². The van der Waals surface area contributed by atoms with Crippen LogP contribution in [0.1, 0.15) is 28.8 Å². The monoisotopic (exact) mass is 410 g/mol. The molecule has 0 aliphatic carbocycles. The fourth-order valence-electron chi connectivity index (χ4n) is 3.90. The minimum Gasteiger partial charge on any atom is -0.348 e. The summed E-state index contributed by atoms with van der Waals surface area (Å²) < 4.78 is 13.9. The van der Waals surface area contributed by atoms with Gasteiger partial charge in [0.1, 0.15) is 12.4 Å². The summed E-state index contributed by atoms with van der Waals surface area (Å²) in [5.74, 6) is -0.752. The van der Waals surface area contributed by atoms with Crippen molar-refractivity contribution in [2.24, 2.45) is 0 Å². The molecule has 2 aromatic carbocycles. The van der Waals surface area contributed by atoms with Crippen LogP contribution in [0.3, 0.4) is 0 Å². The Morgan fingerprint density at radius 3 is 2.60 bits per heavy atom. The number of halogens is 1. The summed E-state index contributed by atoms with van der Waals surface area (Å²) in [6.45, 7) is 2.02.